The number of hydrogen-bond acceptors (Lipinski definition) is 6. The molecule has 0 aliphatic carbocycles. The minimum absolute atomic E-state index is 0. The van der Waals surface area contributed by atoms with Gasteiger partial charge < -0.3 is 29.9 Å². The Morgan fingerprint density at radius 1 is 0.228 bits per heavy atom. The van der Waals surface area contributed by atoms with Crippen molar-refractivity contribution in [3.63, 3.8) is 0 Å². The molecule has 0 fully saturated rings. The van der Waals surface area contributed by atoms with Crippen molar-refractivity contribution in [2.45, 2.75) is 0 Å². The first-order chi connectivity index (χ1) is 26.4. The van der Waals surface area contributed by atoms with Gasteiger partial charge in [-0.1, -0.05) is 0 Å². The molecule has 7 aromatic rings. The Labute approximate surface area is 309 Å². The molecule has 9 rings (SSSR count). The quantitative estimate of drug-likeness (QED) is 0.0649. The molecule has 3 aromatic heterocycles. The Balaban J connectivity index is 0.00000455. The molecule has 2 aliphatic heterocycles. The smallest absolute Gasteiger partial charge is 0.357 e. The van der Waals surface area contributed by atoms with E-state index in [1.807, 2.05) is 0 Å². The molecule has 0 saturated carbocycles. The van der Waals surface area contributed by atoms with Crippen LogP contribution >= 0.6 is 0 Å². The van der Waals surface area contributed by atoms with Crippen molar-refractivity contribution < 1.29 is 87.3 Å². The van der Waals surface area contributed by atoms with Crippen LogP contribution in [0, 0.1) is 93.1 Å². The molecule has 0 amide bonds. The number of benzene rings is 4. The van der Waals surface area contributed by atoms with Crippen molar-refractivity contribution in [3.05, 3.63) is 93.1 Å². The Bertz CT molecular complexity index is 2820. The summed E-state index contributed by atoms with van der Waals surface area (Å²) in [6.07, 6.45) is 0. The summed E-state index contributed by atoms with van der Waals surface area (Å²) in [6, 6.07) is 0. The predicted octanol–water partition coefficient (Wildman–Crippen LogP) is 8.35. The van der Waals surface area contributed by atoms with Gasteiger partial charge in [0, 0.05) is 44.1 Å². The predicted molar refractivity (Wildman–Crippen MR) is 153 cm³/mol. The molecule has 8 nitrogen and oxygen atoms in total. The van der Waals surface area contributed by atoms with E-state index in [0.29, 0.717) is 0 Å². The molecule has 0 atom stereocenters. The van der Waals surface area contributed by atoms with E-state index < -0.39 is 183 Å². The van der Waals surface area contributed by atoms with Crippen LogP contribution in [0.5, 0.6) is 0 Å². The first-order valence-electron chi connectivity index (χ1n) is 14.6. The average molecular weight is 856 g/mol. The maximum Gasteiger partial charge on any atom is 2.00 e. The van der Waals surface area contributed by atoms with E-state index in [2.05, 4.69) is 39.9 Å². The molecule has 288 valence electrons. The molecule has 0 spiro atoms. The maximum atomic E-state index is 15.4. The minimum Gasteiger partial charge on any atom is -0.357 e. The van der Waals surface area contributed by atoms with Gasteiger partial charge in [-0.05, 0) is 0 Å². The van der Waals surface area contributed by atoms with Crippen molar-refractivity contribution in [3.8, 4) is 45.6 Å². The van der Waals surface area contributed by atoms with Gasteiger partial charge in [-0.25, -0.2) is 80.2 Å². The molecular weight excluding hydrogens is 856 g/mol. The zero-order valence-corrected chi connectivity index (χ0v) is 27.1. The summed E-state index contributed by atoms with van der Waals surface area (Å²) >= 11 is 0. The van der Waals surface area contributed by atoms with Gasteiger partial charge in [0.05, 0.1) is 45.6 Å². The number of aromatic nitrogens is 8. The van der Waals surface area contributed by atoms with Gasteiger partial charge in [0.25, 0.3) is 0 Å². The van der Waals surface area contributed by atoms with E-state index in [1.165, 1.54) is 0 Å². The standard InChI is InChI=1S/C32F16N8.Fe/c33-9-1-2(10(34)18(42)17(9)41)26-49-25(1)53-27-3-4(12(36)20(44)19(43)11(3)35)29(50-27)55-31-7-8(16(40)24(48)23(47)15(7)39)32(52-31)56-30-6-5(28(51-30)54-26)13(37)21(45)22(46)14(6)38;/q-2;+2. The molecule has 2 aliphatic rings. The number of rotatable bonds is 0. The first-order valence-corrected chi connectivity index (χ1v) is 14.6. The Morgan fingerprint density at radius 2 is 0.404 bits per heavy atom. The summed E-state index contributed by atoms with van der Waals surface area (Å²) in [5, 5.41) is -6.07. The molecule has 8 bridgehead atoms. The van der Waals surface area contributed by atoms with Gasteiger partial charge in [-0.15, -0.1) is 0 Å². The fourth-order valence-corrected chi connectivity index (χ4v) is 6.10. The van der Waals surface area contributed by atoms with Crippen LogP contribution < -0.4 is 9.97 Å². The van der Waals surface area contributed by atoms with E-state index in [0.717, 1.165) is 0 Å². The van der Waals surface area contributed by atoms with Crippen LogP contribution in [0.1, 0.15) is 0 Å². The number of halogens is 16. The molecule has 57 heavy (non-hydrogen) atoms. The largest absolute Gasteiger partial charge is 2.00 e. The summed E-state index contributed by atoms with van der Waals surface area (Å²) in [7, 11) is 0. The third-order valence-electron chi connectivity index (χ3n) is 8.55. The van der Waals surface area contributed by atoms with E-state index in [-0.39, 0.29) is 17.1 Å². The van der Waals surface area contributed by atoms with Crippen molar-refractivity contribution in [2.24, 2.45) is 0 Å². The number of hydrogen-bond donors (Lipinski definition) is 0. The van der Waals surface area contributed by atoms with Gasteiger partial charge >= 0.3 is 17.1 Å². The normalized spacial score (nSPS) is 12.1. The van der Waals surface area contributed by atoms with Crippen molar-refractivity contribution in [2.75, 3.05) is 0 Å². The summed E-state index contributed by atoms with van der Waals surface area (Å²) in [6.45, 7) is 0. The van der Waals surface area contributed by atoms with Gasteiger partial charge in [0.2, 0.25) is 0 Å². The van der Waals surface area contributed by atoms with Crippen LogP contribution in [0.2, 0.25) is 0 Å². The first kappa shape index (κ1) is 37.6. The molecule has 0 unspecified atom stereocenters. The SMILES string of the molecule is Fc1c(F)c(F)c2c(c1F)-c1nc-2nc2[n-]c(nc3nc(nc4[n-]c(n1)c1c(F)c(F)c(F)c(F)c41)-c1c(F)c(F)c(F)c(F)c1-3)c1c(F)c(F)c(F)c(F)c21.[Fe+2]. The second-order valence-electron chi connectivity index (χ2n) is 11.5. The third kappa shape index (κ3) is 4.77. The summed E-state index contributed by atoms with van der Waals surface area (Å²) in [5.74, 6) is -44.8. The van der Waals surface area contributed by atoms with Crippen molar-refractivity contribution >= 4 is 44.1 Å². The van der Waals surface area contributed by atoms with E-state index in [9.17, 15) is 35.1 Å². The second-order valence-corrected chi connectivity index (χ2v) is 11.5. The van der Waals surface area contributed by atoms with Gasteiger partial charge in [0.1, 0.15) is 0 Å². The van der Waals surface area contributed by atoms with E-state index in [4.69, 9.17) is 0 Å². The molecule has 0 radical (unpaired) electrons. The monoisotopic (exact) mass is 856 g/mol. The minimum atomic E-state index is -2.55. The van der Waals surface area contributed by atoms with Crippen LogP contribution in [0.3, 0.4) is 0 Å². The topological polar surface area (TPSA) is 106 Å². The van der Waals surface area contributed by atoms with Crippen LogP contribution in [-0.2, 0) is 17.1 Å². The molecular formula is C32F16FeN8. The summed E-state index contributed by atoms with van der Waals surface area (Å²) in [4.78, 5) is 28.3. The zero-order chi connectivity index (χ0) is 40.1. The third-order valence-corrected chi connectivity index (χ3v) is 8.55. The fraction of sp³-hybridized carbons (Fsp3) is 0. The molecule has 25 heteroatoms. The molecule has 0 saturated heterocycles. The van der Waals surface area contributed by atoms with Crippen LogP contribution in [0.4, 0.5) is 70.2 Å². The molecule has 0 N–H and O–H groups in total. The Kier molecular flexibility index (Phi) is 8.12. The maximum absolute atomic E-state index is 15.4. The number of fused-ring (bicyclic) bond motifs is 20. The van der Waals surface area contributed by atoms with E-state index >= 15 is 35.1 Å². The Morgan fingerprint density at radius 3 is 0.596 bits per heavy atom. The van der Waals surface area contributed by atoms with Gasteiger partial charge in [-0.2, -0.15) is 0 Å². The van der Waals surface area contributed by atoms with Gasteiger partial charge in [-0.3, -0.25) is 0 Å². The van der Waals surface area contributed by atoms with Crippen LogP contribution in [-0.4, -0.2) is 29.9 Å². The fourth-order valence-electron chi connectivity index (χ4n) is 6.10. The molecule has 5 heterocycles. The second kappa shape index (κ2) is 12.3. The average Bonchev–Trinajstić information content (AvgIpc) is 3.92. The van der Waals surface area contributed by atoms with Crippen LogP contribution in [0.15, 0.2) is 0 Å². The summed E-state index contributed by atoms with van der Waals surface area (Å²) < 4.78 is 240. The number of nitrogens with zero attached hydrogens (tertiary/aromatic N) is 8. The molecule has 4 aromatic carbocycles. The zero-order valence-electron chi connectivity index (χ0n) is 26.0. The van der Waals surface area contributed by atoms with E-state index in [1.54, 1.807) is 0 Å². The Hall–Kier alpha value is -6.36. The van der Waals surface area contributed by atoms with Crippen LogP contribution in [0.25, 0.3) is 89.7 Å². The van der Waals surface area contributed by atoms with Crippen molar-refractivity contribution in [1.82, 2.24) is 39.9 Å². The van der Waals surface area contributed by atoms with Gasteiger partial charge in [0.15, 0.2) is 93.1 Å². The summed E-state index contributed by atoms with van der Waals surface area (Å²) in [5.41, 5.74) is -11.8. The van der Waals surface area contributed by atoms with Crippen molar-refractivity contribution in [1.29, 1.82) is 0 Å².